The number of methoxy groups -OCH3 is 2. The van der Waals surface area contributed by atoms with Gasteiger partial charge in [-0.2, -0.15) is 0 Å². The normalized spacial score (nSPS) is 13.3. The molecule has 0 fully saturated rings. The monoisotopic (exact) mass is 475 g/mol. The van der Waals surface area contributed by atoms with Crippen LogP contribution in [-0.2, 0) is 17.8 Å². The van der Waals surface area contributed by atoms with E-state index in [0.29, 0.717) is 42.4 Å². The van der Waals surface area contributed by atoms with E-state index in [-0.39, 0.29) is 11.9 Å². The molecule has 0 aliphatic carbocycles. The second-order valence-electron chi connectivity index (χ2n) is 8.25. The third-order valence-corrected chi connectivity index (χ3v) is 5.84. The van der Waals surface area contributed by atoms with Gasteiger partial charge in [-0.1, -0.05) is 18.2 Å². The maximum absolute atomic E-state index is 12.8. The number of anilines is 1. The number of fused-ring (bicyclic) bond motifs is 1. The van der Waals surface area contributed by atoms with Gasteiger partial charge in [0.05, 0.1) is 14.2 Å². The summed E-state index contributed by atoms with van der Waals surface area (Å²) < 4.78 is 16.5. The minimum atomic E-state index is -0.713. The fourth-order valence-corrected chi connectivity index (χ4v) is 3.88. The molecule has 35 heavy (non-hydrogen) atoms. The number of para-hydroxylation sites is 1. The van der Waals surface area contributed by atoms with E-state index in [0.717, 1.165) is 16.9 Å². The quantitative estimate of drug-likeness (QED) is 0.522. The predicted octanol–water partition coefficient (Wildman–Crippen LogP) is 4.59. The molecule has 0 radical (unpaired) electrons. The lowest BCUT2D eigenvalue weighted by molar-refractivity contribution is -0.117. The van der Waals surface area contributed by atoms with Gasteiger partial charge in [0.25, 0.3) is 0 Å². The van der Waals surface area contributed by atoms with Crippen LogP contribution >= 0.6 is 0 Å². The van der Waals surface area contributed by atoms with Crippen molar-refractivity contribution in [1.29, 1.82) is 0 Å². The predicted molar refractivity (Wildman–Crippen MR) is 133 cm³/mol. The van der Waals surface area contributed by atoms with Crippen molar-refractivity contribution in [2.75, 3.05) is 26.1 Å². The minimum absolute atomic E-state index is 0.292. The molecule has 8 heteroatoms. The molecule has 3 aromatic rings. The summed E-state index contributed by atoms with van der Waals surface area (Å²) in [5, 5.41) is 5.62. The number of amides is 3. The van der Waals surface area contributed by atoms with Crippen molar-refractivity contribution >= 4 is 17.6 Å². The number of nitrogens with one attached hydrogen (secondary N) is 2. The molecule has 0 spiro atoms. The molecule has 1 heterocycles. The van der Waals surface area contributed by atoms with E-state index in [4.69, 9.17) is 14.2 Å². The lowest BCUT2D eigenvalue weighted by Gasteiger charge is -2.30. The van der Waals surface area contributed by atoms with Crippen LogP contribution in [0.3, 0.4) is 0 Å². The van der Waals surface area contributed by atoms with Crippen LogP contribution < -0.4 is 24.8 Å². The van der Waals surface area contributed by atoms with Gasteiger partial charge in [0.1, 0.15) is 17.5 Å². The van der Waals surface area contributed by atoms with Crippen molar-refractivity contribution < 1.29 is 23.8 Å². The van der Waals surface area contributed by atoms with Crippen molar-refractivity contribution in [3.05, 3.63) is 77.9 Å². The van der Waals surface area contributed by atoms with Crippen LogP contribution in [0.1, 0.15) is 18.1 Å². The maximum Gasteiger partial charge on any atom is 0.318 e. The first-order valence-corrected chi connectivity index (χ1v) is 11.4. The number of hydrogen-bond acceptors (Lipinski definition) is 5. The minimum Gasteiger partial charge on any atom is -0.493 e. The highest BCUT2D eigenvalue weighted by atomic mass is 16.5. The summed E-state index contributed by atoms with van der Waals surface area (Å²) in [7, 11) is 3.19. The second kappa shape index (κ2) is 10.8. The standard InChI is InChI=1S/C27H29N3O5/c1-18(26(31)29-21-9-11-23(12-10-21)35-22-7-5-4-6-8-22)28-27(32)30-14-13-19-15-24(33-2)25(34-3)16-20(19)17-30/h4-12,15-16,18H,13-14,17H2,1-3H3,(H,28,32)(H,29,31). The number of carbonyl (C=O) groups excluding carboxylic acids is 2. The Labute approximate surface area is 204 Å². The molecular weight excluding hydrogens is 446 g/mol. The topological polar surface area (TPSA) is 89.1 Å². The summed E-state index contributed by atoms with van der Waals surface area (Å²) in [4.78, 5) is 27.2. The Kier molecular flexibility index (Phi) is 7.40. The Morgan fingerprint density at radius 2 is 1.51 bits per heavy atom. The van der Waals surface area contributed by atoms with Gasteiger partial charge in [-0.05, 0) is 73.0 Å². The number of rotatable bonds is 7. The molecule has 0 bridgehead atoms. The molecule has 3 amide bonds. The molecular formula is C27H29N3O5. The average Bonchev–Trinajstić information content (AvgIpc) is 2.89. The molecule has 1 unspecified atom stereocenters. The van der Waals surface area contributed by atoms with E-state index in [1.165, 1.54) is 0 Å². The van der Waals surface area contributed by atoms with Crippen LogP contribution in [0.15, 0.2) is 66.7 Å². The fraction of sp³-hybridized carbons (Fsp3) is 0.259. The molecule has 0 saturated carbocycles. The third kappa shape index (κ3) is 5.84. The number of nitrogens with zero attached hydrogens (tertiary/aromatic N) is 1. The lowest BCUT2D eigenvalue weighted by atomic mass is 9.99. The number of urea groups is 1. The Morgan fingerprint density at radius 1 is 0.886 bits per heavy atom. The summed E-state index contributed by atoms with van der Waals surface area (Å²) in [6, 6.07) is 19.4. The third-order valence-electron chi connectivity index (χ3n) is 5.84. The van der Waals surface area contributed by atoms with Gasteiger partial charge in [-0.3, -0.25) is 4.79 Å². The number of ether oxygens (including phenoxy) is 3. The van der Waals surface area contributed by atoms with E-state index in [2.05, 4.69) is 10.6 Å². The fourth-order valence-electron chi connectivity index (χ4n) is 3.88. The molecule has 8 nitrogen and oxygen atoms in total. The Balaban J connectivity index is 1.31. The zero-order chi connectivity index (χ0) is 24.8. The first-order valence-electron chi connectivity index (χ1n) is 11.4. The molecule has 0 saturated heterocycles. The first-order chi connectivity index (χ1) is 17.0. The molecule has 4 rings (SSSR count). The summed E-state index contributed by atoms with van der Waals surface area (Å²) >= 11 is 0. The first kappa shape index (κ1) is 23.9. The van der Waals surface area contributed by atoms with Gasteiger partial charge < -0.3 is 29.7 Å². The van der Waals surface area contributed by atoms with Crippen molar-refractivity contribution in [2.24, 2.45) is 0 Å². The van der Waals surface area contributed by atoms with Crippen LogP contribution in [0.4, 0.5) is 10.5 Å². The number of benzene rings is 3. The van der Waals surface area contributed by atoms with Crippen LogP contribution in [0.2, 0.25) is 0 Å². The van der Waals surface area contributed by atoms with Gasteiger partial charge in [0, 0.05) is 18.8 Å². The zero-order valence-electron chi connectivity index (χ0n) is 20.0. The number of hydrogen-bond donors (Lipinski definition) is 2. The van der Waals surface area contributed by atoms with Crippen LogP contribution in [0.25, 0.3) is 0 Å². The highest BCUT2D eigenvalue weighted by molar-refractivity contribution is 5.96. The highest BCUT2D eigenvalue weighted by Crippen LogP contribution is 2.33. The SMILES string of the molecule is COc1cc2c(cc1OC)CN(C(=O)NC(C)C(=O)Nc1ccc(Oc3ccccc3)cc1)CC2. The van der Waals surface area contributed by atoms with Gasteiger partial charge in [-0.15, -0.1) is 0 Å². The van der Waals surface area contributed by atoms with Gasteiger partial charge >= 0.3 is 6.03 Å². The Morgan fingerprint density at radius 3 is 2.17 bits per heavy atom. The van der Waals surface area contributed by atoms with Crippen molar-refractivity contribution in [3.63, 3.8) is 0 Å². The van der Waals surface area contributed by atoms with Gasteiger partial charge in [-0.25, -0.2) is 4.79 Å². The van der Waals surface area contributed by atoms with Crippen molar-refractivity contribution in [1.82, 2.24) is 10.2 Å². The van der Waals surface area contributed by atoms with Crippen LogP contribution in [-0.4, -0.2) is 43.6 Å². The molecule has 2 N–H and O–H groups in total. The zero-order valence-corrected chi connectivity index (χ0v) is 20.0. The van der Waals surface area contributed by atoms with Gasteiger partial charge in [0.2, 0.25) is 5.91 Å². The molecule has 1 aliphatic rings. The largest absolute Gasteiger partial charge is 0.493 e. The van der Waals surface area contributed by atoms with Crippen LogP contribution in [0.5, 0.6) is 23.0 Å². The lowest BCUT2D eigenvalue weighted by Crippen LogP contribution is -2.49. The van der Waals surface area contributed by atoms with Gasteiger partial charge in [0.15, 0.2) is 11.5 Å². The second-order valence-corrected chi connectivity index (χ2v) is 8.25. The summed E-state index contributed by atoms with van der Waals surface area (Å²) in [5.74, 6) is 2.39. The van der Waals surface area contributed by atoms with E-state index in [1.54, 1.807) is 50.3 Å². The van der Waals surface area contributed by atoms with E-state index < -0.39 is 6.04 Å². The molecule has 1 aliphatic heterocycles. The molecule has 182 valence electrons. The van der Waals surface area contributed by atoms with E-state index in [9.17, 15) is 9.59 Å². The highest BCUT2D eigenvalue weighted by Gasteiger charge is 2.25. The Hall–Kier alpha value is -4.20. The summed E-state index contributed by atoms with van der Waals surface area (Å²) in [5.41, 5.74) is 2.74. The molecule has 0 aromatic heterocycles. The van der Waals surface area contributed by atoms with Crippen LogP contribution in [0, 0.1) is 0 Å². The van der Waals surface area contributed by atoms with E-state index >= 15 is 0 Å². The summed E-state index contributed by atoms with van der Waals surface area (Å²) in [6.07, 6.45) is 0.696. The summed E-state index contributed by atoms with van der Waals surface area (Å²) in [6.45, 7) is 2.64. The van der Waals surface area contributed by atoms with E-state index in [1.807, 2.05) is 42.5 Å². The number of carbonyl (C=O) groups is 2. The molecule has 1 atom stereocenters. The van der Waals surface area contributed by atoms with Crippen molar-refractivity contribution in [3.8, 4) is 23.0 Å². The average molecular weight is 476 g/mol. The van der Waals surface area contributed by atoms with Crippen molar-refractivity contribution in [2.45, 2.75) is 25.9 Å². The Bertz CT molecular complexity index is 1180. The molecule has 3 aromatic carbocycles. The smallest absolute Gasteiger partial charge is 0.318 e. The maximum atomic E-state index is 12.8.